The van der Waals surface area contributed by atoms with Crippen LogP contribution in [0.15, 0.2) is 63.4 Å². The molecule has 0 aliphatic carbocycles. The van der Waals surface area contributed by atoms with Crippen LogP contribution >= 0.6 is 0 Å². The Morgan fingerprint density at radius 1 is 1.41 bits per heavy atom. The van der Waals surface area contributed by atoms with E-state index in [0.29, 0.717) is 29.9 Å². The van der Waals surface area contributed by atoms with Gasteiger partial charge in [0.2, 0.25) is 5.96 Å². The minimum absolute atomic E-state index is 0.0853. The Balaban J connectivity index is 2.19. The molecule has 1 aromatic heterocycles. The first kappa shape index (κ1) is 21.9. The molecule has 0 fully saturated rings. The van der Waals surface area contributed by atoms with Crippen LogP contribution in [0.3, 0.4) is 0 Å². The topological polar surface area (TPSA) is 106 Å². The number of pyridine rings is 1. The second kappa shape index (κ2) is 11.4. The van der Waals surface area contributed by atoms with Gasteiger partial charge in [-0.05, 0) is 31.4 Å². The third-order valence-electron chi connectivity index (χ3n) is 4.48. The van der Waals surface area contributed by atoms with Crippen LogP contribution in [-0.4, -0.2) is 23.3 Å². The highest BCUT2D eigenvalue weighted by atomic mass is 16.5. The maximum atomic E-state index is 12.6. The van der Waals surface area contributed by atoms with E-state index < -0.39 is 0 Å². The molecule has 0 bridgehead atoms. The lowest BCUT2D eigenvalue weighted by atomic mass is 10.0. The highest BCUT2D eigenvalue weighted by molar-refractivity contribution is 6.15. The predicted octanol–water partition coefficient (Wildman–Crippen LogP) is 3.54. The van der Waals surface area contributed by atoms with Crippen molar-refractivity contribution in [2.75, 3.05) is 6.54 Å². The zero-order valence-corrected chi connectivity index (χ0v) is 16.8. The van der Waals surface area contributed by atoms with Crippen LogP contribution < -0.4 is 11.3 Å². The second-order valence-electron chi connectivity index (χ2n) is 6.60. The summed E-state index contributed by atoms with van der Waals surface area (Å²) >= 11 is 0. The van der Waals surface area contributed by atoms with Crippen LogP contribution in [-0.2, 0) is 11.3 Å². The number of nitrogens with two attached hydrogens (primary N) is 1. The van der Waals surface area contributed by atoms with Crippen LogP contribution in [0.1, 0.15) is 44.6 Å². The molecule has 152 valence electrons. The summed E-state index contributed by atoms with van der Waals surface area (Å²) in [6.07, 6.45) is 11.1. The van der Waals surface area contributed by atoms with Gasteiger partial charge in [0.05, 0.1) is 18.9 Å². The molecule has 0 saturated heterocycles. The lowest BCUT2D eigenvalue weighted by Crippen LogP contribution is -2.19. The van der Waals surface area contributed by atoms with E-state index in [9.17, 15) is 4.79 Å². The van der Waals surface area contributed by atoms with E-state index in [1.165, 1.54) is 6.26 Å². The fraction of sp³-hybridized carbons (Fsp3) is 0.364. The Bertz CT molecular complexity index is 945. The minimum atomic E-state index is -0.0853. The molecule has 0 aromatic carbocycles. The molecular weight excluding hydrogens is 366 g/mol. The van der Waals surface area contributed by atoms with E-state index in [0.717, 1.165) is 31.3 Å². The maximum absolute atomic E-state index is 12.6. The van der Waals surface area contributed by atoms with Crippen molar-refractivity contribution in [3.8, 4) is 6.07 Å². The largest absolute Gasteiger partial charge is 0.466 e. The van der Waals surface area contributed by atoms with E-state index in [1.54, 1.807) is 29.1 Å². The molecule has 0 radical (unpaired) electrons. The third-order valence-corrected chi connectivity index (χ3v) is 4.48. The van der Waals surface area contributed by atoms with Crippen LogP contribution in [0.4, 0.5) is 0 Å². The maximum Gasteiger partial charge on any atom is 0.251 e. The number of nitrogens with zero attached hydrogens (tertiary/aromatic N) is 4. The summed E-state index contributed by atoms with van der Waals surface area (Å²) < 4.78 is 7.20. The van der Waals surface area contributed by atoms with Crippen LogP contribution in [0.25, 0.3) is 5.57 Å². The summed E-state index contributed by atoms with van der Waals surface area (Å²) in [6.45, 7) is 6.73. The predicted molar refractivity (Wildman–Crippen MR) is 116 cm³/mol. The van der Waals surface area contributed by atoms with Crippen molar-refractivity contribution in [1.29, 1.82) is 5.26 Å². The molecule has 7 nitrogen and oxygen atoms in total. The molecule has 0 spiro atoms. The number of guanidine groups is 1. The van der Waals surface area contributed by atoms with Gasteiger partial charge in [0.25, 0.3) is 5.56 Å². The Morgan fingerprint density at radius 2 is 2.21 bits per heavy atom. The van der Waals surface area contributed by atoms with E-state index in [2.05, 4.69) is 22.6 Å². The SMILES string of the molecule is C=C(O/C=C\C)C1=C(c2ccn(CCCCCCC#N)c(=O)c2)C=NC(N)=NC1. The van der Waals surface area contributed by atoms with Crippen molar-refractivity contribution in [2.24, 2.45) is 15.7 Å². The summed E-state index contributed by atoms with van der Waals surface area (Å²) in [4.78, 5) is 20.9. The fourth-order valence-corrected chi connectivity index (χ4v) is 2.90. The van der Waals surface area contributed by atoms with E-state index in [-0.39, 0.29) is 18.1 Å². The molecule has 1 aromatic rings. The van der Waals surface area contributed by atoms with Gasteiger partial charge in [-0.3, -0.25) is 4.79 Å². The first-order valence-corrected chi connectivity index (χ1v) is 9.69. The van der Waals surface area contributed by atoms with Crippen molar-refractivity contribution in [1.82, 2.24) is 4.57 Å². The highest BCUT2D eigenvalue weighted by Gasteiger charge is 2.15. The van der Waals surface area contributed by atoms with E-state index in [1.807, 2.05) is 13.0 Å². The Kier molecular flexibility index (Phi) is 8.64. The third kappa shape index (κ3) is 6.61. The summed E-state index contributed by atoms with van der Waals surface area (Å²) in [5.41, 5.74) is 7.82. The number of aromatic nitrogens is 1. The number of nitriles is 1. The number of aryl methyl sites for hydroxylation is 1. The number of unbranched alkanes of at least 4 members (excludes halogenated alkanes) is 4. The minimum Gasteiger partial charge on any atom is -0.466 e. The zero-order chi connectivity index (χ0) is 21.1. The molecule has 2 N–H and O–H groups in total. The van der Waals surface area contributed by atoms with Gasteiger partial charge in [-0.2, -0.15) is 5.26 Å². The molecule has 1 aliphatic rings. The van der Waals surface area contributed by atoms with Crippen molar-refractivity contribution < 1.29 is 4.74 Å². The van der Waals surface area contributed by atoms with E-state index in [4.69, 9.17) is 15.7 Å². The van der Waals surface area contributed by atoms with Gasteiger partial charge >= 0.3 is 0 Å². The number of hydrogen-bond donors (Lipinski definition) is 1. The van der Waals surface area contributed by atoms with Crippen molar-refractivity contribution in [2.45, 2.75) is 45.6 Å². The number of allylic oxidation sites excluding steroid dienone is 2. The van der Waals surface area contributed by atoms with Crippen molar-refractivity contribution >= 4 is 17.7 Å². The normalized spacial score (nSPS) is 13.9. The molecule has 2 rings (SSSR count). The summed E-state index contributed by atoms with van der Waals surface area (Å²) in [7, 11) is 0. The summed E-state index contributed by atoms with van der Waals surface area (Å²) in [6, 6.07) is 5.61. The van der Waals surface area contributed by atoms with Gasteiger partial charge in [-0.1, -0.05) is 25.5 Å². The van der Waals surface area contributed by atoms with Gasteiger partial charge in [0.1, 0.15) is 5.76 Å². The lowest BCUT2D eigenvalue weighted by Gasteiger charge is -2.13. The standard InChI is InChI=1S/C22H27N5O2/c1-3-13-29-17(2)19-15-25-22(24)26-16-20(19)18-9-12-27(21(28)14-18)11-8-6-4-5-7-10-23/h3,9,12-14,16H,2,4-8,11,15H2,1H3,(H2,24,25)/b13-3-. The Labute approximate surface area is 171 Å². The number of ether oxygens (including phenoxy) is 1. The molecule has 0 amide bonds. The van der Waals surface area contributed by atoms with Crippen LogP contribution in [0.5, 0.6) is 0 Å². The Morgan fingerprint density at radius 3 is 2.93 bits per heavy atom. The quantitative estimate of drug-likeness (QED) is 0.485. The Hall–Kier alpha value is -3.40. The lowest BCUT2D eigenvalue weighted by molar-refractivity contribution is 0.362. The molecule has 2 heterocycles. The highest BCUT2D eigenvalue weighted by Crippen LogP contribution is 2.24. The van der Waals surface area contributed by atoms with Crippen LogP contribution in [0, 0.1) is 11.3 Å². The zero-order valence-electron chi connectivity index (χ0n) is 16.8. The molecular formula is C22H27N5O2. The monoisotopic (exact) mass is 393 g/mol. The molecule has 29 heavy (non-hydrogen) atoms. The molecule has 7 heteroatoms. The van der Waals surface area contributed by atoms with Crippen LogP contribution in [0.2, 0.25) is 0 Å². The van der Waals surface area contributed by atoms with Gasteiger partial charge in [0, 0.05) is 42.6 Å². The summed E-state index contributed by atoms with van der Waals surface area (Å²) in [5.74, 6) is 0.602. The summed E-state index contributed by atoms with van der Waals surface area (Å²) in [5, 5.41) is 8.56. The van der Waals surface area contributed by atoms with Gasteiger partial charge in [0.15, 0.2) is 0 Å². The van der Waals surface area contributed by atoms with E-state index >= 15 is 0 Å². The fourth-order valence-electron chi connectivity index (χ4n) is 2.90. The molecule has 1 aliphatic heterocycles. The number of aliphatic imine (C=N–C) groups is 2. The van der Waals surface area contributed by atoms with Gasteiger partial charge in [-0.15, -0.1) is 0 Å². The molecule has 0 saturated carbocycles. The number of rotatable bonds is 10. The average molecular weight is 393 g/mol. The number of hydrogen-bond acceptors (Lipinski definition) is 6. The molecule has 0 unspecified atom stereocenters. The van der Waals surface area contributed by atoms with Crippen molar-refractivity contribution in [3.05, 3.63) is 64.5 Å². The first-order valence-electron chi connectivity index (χ1n) is 9.69. The first-order chi connectivity index (χ1) is 14.1. The average Bonchev–Trinajstić information content (AvgIpc) is 2.91. The van der Waals surface area contributed by atoms with Gasteiger partial charge in [-0.25, -0.2) is 9.98 Å². The van der Waals surface area contributed by atoms with Gasteiger partial charge < -0.3 is 15.0 Å². The molecule has 0 atom stereocenters. The smallest absolute Gasteiger partial charge is 0.251 e. The van der Waals surface area contributed by atoms with Crippen molar-refractivity contribution in [3.63, 3.8) is 0 Å². The second-order valence-corrected chi connectivity index (χ2v) is 6.60.